The van der Waals surface area contributed by atoms with Crippen LogP contribution in [-0.4, -0.2) is 32.4 Å². The molecule has 1 fully saturated rings. The number of halogens is 1. The van der Waals surface area contributed by atoms with Gasteiger partial charge < -0.3 is 14.6 Å². The lowest BCUT2D eigenvalue weighted by Crippen LogP contribution is -2.36. The molecule has 7 nitrogen and oxygen atoms in total. The second-order valence-corrected chi connectivity index (χ2v) is 7.87. The normalized spacial score (nSPS) is 17.4. The van der Waals surface area contributed by atoms with Gasteiger partial charge in [0.15, 0.2) is 6.19 Å². The highest BCUT2D eigenvalue weighted by atomic mass is 35.5. The highest BCUT2D eigenvalue weighted by Gasteiger charge is 2.28. The van der Waals surface area contributed by atoms with Crippen molar-refractivity contribution in [2.24, 2.45) is 0 Å². The zero-order valence-corrected chi connectivity index (χ0v) is 14.8. The summed E-state index contributed by atoms with van der Waals surface area (Å²) in [6.45, 7) is 1.42. The number of rotatable bonds is 6. The summed E-state index contributed by atoms with van der Waals surface area (Å²) in [6.07, 6.45) is 5.80. The van der Waals surface area contributed by atoms with Crippen molar-refractivity contribution in [1.29, 1.82) is 5.26 Å². The molecule has 0 radical (unpaired) electrons. The van der Waals surface area contributed by atoms with E-state index in [1.54, 1.807) is 24.7 Å². The number of likely N-dealkylation sites (tertiary alicyclic amines) is 1. The van der Waals surface area contributed by atoms with Crippen molar-refractivity contribution in [3.8, 4) is 6.19 Å². The van der Waals surface area contributed by atoms with Crippen LogP contribution in [0, 0.1) is 11.5 Å². The molecule has 0 amide bonds. The van der Waals surface area contributed by atoms with E-state index in [1.807, 2.05) is 12.3 Å². The molecule has 0 aliphatic carbocycles. The van der Waals surface area contributed by atoms with Crippen molar-refractivity contribution in [1.82, 2.24) is 9.62 Å². The standard InChI is InChI=1S/C16H17ClN4O3S/c17-15-2-1-13(19-8-12-4-6-24-10-12)7-16(15)25(22,23)20-14-3-5-21(9-14)11-18/h1-2,4,6-7,10,14,19-20H,3,5,8-9H2. The molecule has 132 valence electrons. The summed E-state index contributed by atoms with van der Waals surface area (Å²) in [6, 6.07) is 6.28. The summed E-state index contributed by atoms with van der Waals surface area (Å²) in [7, 11) is -3.78. The number of furan rings is 1. The van der Waals surface area contributed by atoms with Crippen molar-refractivity contribution in [3.05, 3.63) is 47.4 Å². The molecule has 1 saturated heterocycles. The van der Waals surface area contributed by atoms with Crippen LogP contribution in [0.1, 0.15) is 12.0 Å². The van der Waals surface area contributed by atoms with E-state index in [0.29, 0.717) is 31.7 Å². The monoisotopic (exact) mass is 380 g/mol. The van der Waals surface area contributed by atoms with E-state index < -0.39 is 10.0 Å². The molecule has 1 aliphatic rings. The van der Waals surface area contributed by atoms with E-state index in [-0.39, 0.29) is 16.0 Å². The van der Waals surface area contributed by atoms with Gasteiger partial charge in [-0.3, -0.25) is 0 Å². The Morgan fingerprint density at radius 2 is 2.24 bits per heavy atom. The Morgan fingerprint density at radius 3 is 2.92 bits per heavy atom. The van der Waals surface area contributed by atoms with Crippen LogP contribution in [0.25, 0.3) is 0 Å². The minimum absolute atomic E-state index is 0.0155. The van der Waals surface area contributed by atoms with Crippen molar-refractivity contribution < 1.29 is 12.8 Å². The molecule has 1 aromatic heterocycles. The lowest BCUT2D eigenvalue weighted by Gasteiger charge is -2.15. The lowest BCUT2D eigenvalue weighted by atomic mass is 10.3. The Bertz CT molecular complexity index is 877. The van der Waals surface area contributed by atoms with Gasteiger partial charge in [-0.15, -0.1) is 0 Å². The highest BCUT2D eigenvalue weighted by molar-refractivity contribution is 7.89. The second kappa shape index (κ2) is 7.35. The molecule has 1 atom stereocenters. The van der Waals surface area contributed by atoms with Crippen molar-refractivity contribution in [2.75, 3.05) is 18.4 Å². The maximum Gasteiger partial charge on any atom is 0.242 e. The van der Waals surface area contributed by atoms with Gasteiger partial charge in [-0.05, 0) is 30.7 Å². The van der Waals surface area contributed by atoms with Gasteiger partial charge in [-0.2, -0.15) is 5.26 Å². The maximum atomic E-state index is 12.6. The number of nitriles is 1. The first-order chi connectivity index (χ1) is 12.0. The third-order valence-electron chi connectivity index (χ3n) is 3.95. The average molecular weight is 381 g/mol. The fraction of sp³-hybridized carbons (Fsp3) is 0.312. The van der Waals surface area contributed by atoms with E-state index in [1.165, 1.54) is 11.0 Å². The Kier molecular flexibility index (Phi) is 5.18. The first-order valence-corrected chi connectivity index (χ1v) is 9.55. The van der Waals surface area contributed by atoms with Crippen LogP contribution in [0.5, 0.6) is 0 Å². The van der Waals surface area contributed by atoms with Gasteiger partial charge in [0, 0.05) is 36.9 Å². The number of hydrogen-bond donors (Lipinski definition) is 2. The van der Waals surface area contributed by atoms with Crippen LogP contribution in [0.15, 0.2) is 46.1 Å². The zero-order valence-electron chi connectivity index (χ0n) is 13.3. The SMILES string of the molecule is N#CN1CCC(NS(=O)(=O)c2cc(NCc3ccoc3)ccc2Cl)C1. The third kappa shape index (κ3) is 4.25. The van der Waals surface area contributed by atoms with E-state index in [9.17, 15) is 8.42 Å². The molecule has 0 bridgehead atoms. The number of nitrogens with one attached hydrogen (secondary N) is 2. The van der Waals surface area contributed by atoms with Gasteiger partial charge in [0.2, 0.25) is 10.0 Å². The highest BCUT2D eigenvalue weighted by Crippen LogP contribution is 2.26. The van der Waals surface area contributed by atoms with Gasteiger partial charge in [-0.1, -0.05) is 11.6 Å². The maximum absolute atomic E-state index is 12.6. The van der Waals surface area contributed by atoms with Gasteiger partial charge in [-0.25, -0.2) is 13.1 Å². The number of nitrogens with zero attached hydrogens (tertiary/aromatic N) is 2. The van der Waals surface area contributed by atoms with E-state index in [2.05, 4.69) is 10.0 Å². The Balaban J connectivity index is 1.73. The first kappa shape index (κ1) is 17.6. The molecule has 2 aromatic rings. The zero-order chi connectivity index (χ0) is 17.9. The largest absolute Gasteiger partial charge is 0.472 e. The number of hydrogen-bond acceptors (Lipinski definition) is 6. The van der Waals surface area contributed by atoms with Crippen molar-refractivity contribution in [2.45, 2.75) is 23.9 Å². The fourth-order valence-electron chi connectivity index (χ4n) is 2.65. The van der Waals surface area contributed by atoms with Crippen LogP contribution in [0.4, 0.5) is 5.69 Å². The molecule has 0 spiro atoms. The first-order valence-electron chi connectivity index (χ1n) is 7.69. The second-order valence-electron chi connectivity index (χ2n) is 5.78. The summed E-state index contributed by atoms with van der Waals surface area (Å²) >= 11 is 6.10. The molecule has 25 heavy (non-hydrogen) atoms. The van der Waals surface area contributed by atoms with Crippen LogP contribution >= 0.6 is 11.6 Å². The molecule has 2 N–H and O–H groups in total. The van der Waals surface area contributed by atoms with Gasteiger partial charge in [0.25, 0.3) is 0 Å². The smallest absolute Gasteiger partial charge is 0.242 e. The quantitative estimate of drug-likeness (QED) is 0.746. The topological polar surface area (TPSA) is 98.4 Å². The number of benzene rings is 1. The van der Waals surface area contributed by atoms with E-state index in [0.717, 1.165) is 5.56 Å². The van der Waals surface area contributed by atoms with Gasteiger partial charge in [0.05, 0.1) is 17.5 Å². The lowest BCUT2D eigenvalue weighted by molar-refractivity contribution is 0.470. The molecule has 2 heterocycles. The minimum Gasteiger partial charge on any atom is -0.472 e. The molecule has 0 saturated carbocycles. The van der Waals surface area contributed by atoms with Gasteiger partial charge in [0.1, 0.15) is 4.90 Å². The minimum atomic E-state index is -3.78. The van der Waals surface area contributed by atoms with Gasteiger partial charge >= 0.3 is 0 Å². The molecule has 1 unspecified atom stereocenters. The summed E-state index contributed by atoms with van der Waals surface area (Å²) in [4.78, 5) is 1.54. The molecule has 1 aliphatic heterocycles. The summed E-state index contributed by atoms with van der Waals surface area (Å²) < 4.78 is 32.9. The van der Waals surface area contributed by atoms with Crippen LogP contribution in [0.2, 0.25) is 5.02 Å². The Labute approximate surface area is 151 Å². The predicted molar refractivity (Wildman–Crippen MR) is 93.4 cm³/mol. The molecular formula is C16H17ClN4O3S. The van der Waals surface area contributed by atoms with Crippen molar-refractivity contribution in [3.63, 3.8) is 0 Å². The fourth-order valence-corrected chi connectivity index (χ4v) is 4.43. The molecular weight excluding hydrogens is 364 g/mol. The van der Waals surface area contributed by atoms with Crippen molar-refractivity contribution >= 4 is 27.3 Å². The van der Waals surface area contributed by atoms with E-state index in [4.69, 9.17) is 21.3 Å². The number of sulfonamides is 1. The van der Waals surface area contributed by atoms with Crippen LogP contribution in [0.3, 0.4) is 0 Å². The summed E-state index contributed by atoms with van der Waals surface area (Å²) in [5.74, 6) is 0. The Morgan fingerprint density at radius 1 is 1.40 bits per heavy atom. The molecule has 3 rings (SSSR count). The number of anilines is 1. The Hall–Kier alpha value is -2.21. The predicted octanol–water partition coefficient (Wildman–Crippen LogP) is 2.38. The summed E-state index contributed by atoms with van der Waals surface area (Å²) in [5.41, 5.74) is 1.58. The van der Waals surface area contributed by atoms with Crippen LogP contribution in [-0.2, 0) is 16.6 Å². The summed E-state index contributed by atoms with van der Waals surface area (Å²) in [5, 5.41) is 12.2. The third-order valence-corrected chi connectivity index (χ3v) is 5.95. The average Bonchev–Trinajstić information content (AvgIpc) is 3.25. The molecule has 1 aromatic carbocycles. The van der Waals surface area contributed by atoms with E-state index >= 15 is 0 Å². The van der Waals surface area contributed by atoms with Crippen LogP contribution < -0.4 is 10.0 Å². The molecule has 9 heteroatoms.